The van der Waals surface area contributed by atoms with Gasteiger partial charge in [-0.15, -0.1) is 0 Å². The molecule has 0 bridgehead atoms. The number of nitrogens with one attached hydrogen (secondary N) is 1. The second kappa shape index (κ2) is 9.24. The Bertz CT molecular complexity index is 931. The molecule has 7 nitrogen and oxygen atoms in total. The number of aryl methyl sites for hydroxylation is 1. The molecule has 2 aromatic heterocycles. The molecule has 30 heavy (non-hydrogen) atoms. The molecule has 0 aromatic carbocycles. The highest BCUT2D eigenvalue weighted by molar-refractivity contribution is 6.06. The Morgan fingerprint density at radius 3 is 2.60 bits per heavy atom. The van der Waals surface area contributed by atoms with Crippen molar-refractivity contribution >= 4 is 17.7 Å². The van der Waals surface area contributed by atoms with E-state index in [-0.39, 0.29) is 24.2 Å². The van der Waals surface area contributed by atoms with Gasteiger partial charge in [-0.05, 0) is 58.2 Å². The molecule has 2 aromatic rings. The van der Waals surface area contributed by atoms with Gasteiger partial charge in [0.15, 0.2) is 5.78 Å². The van der Waals surface area contributed by atoms with Crippen molar-refractivity contribution in [1.82, 2.24) is 14.9 Å². The summed E-state index contributed by atoms with van der Waals surface area (Å²) >= 11 is 0. The minimum atomic E-state index is -0.634. The van der Waals surface area contributed by atoms with Crippen LogP contribution in [0.15, 0.2) is 24.4 Å². The summed E-state index contributed by atoms with van der Waals surface area (Å²) in [5, 5.41) is 0. The Morgan fingerprint density at radius 1 is 1.27 bits per heavy atom. The Balaban J connectivity index is 1.83. The summed E-state index contributed by atoms with van der Waals surface area (Å²) in [6.45, 7) is 7.67. The average Bonchev–Trinajstić information content (AvgIpc) is 3.53. The molecule has 160 valence electrons. The predicted molar refractivity (Wildman–Crippen MR) is 112 cm³/mol. The number of rotatable bonds is 9. The fourth-order valence-corrected chi connectivity index (χ4v) is 3.72. The largest absolute Gasteiger partial charge is 0.461 e. The molecule has 0 spiro atoms. The zero-order valence-electron chi connectivity index (χ0n) is 18.0. The molecule has 2 heterocycles. The number of carbonyl (C=O) groups excluding carboxylic acids is 3. The fourth-order valence-electron chi connectivity index (χ4n) is 3.72. The molecule has 1 N–H and O–H groups in total. The van der Waals surface area contributed by atoms with Crippen molar-refractivity contribution in [3.05, 3.63) is 52.6 Å². The van der Waals surface area contributed by atoms with E-state index >= 15 is 0 Å². The first-order valence-corrected chi connectivity index (χ1v) is 10.5. The zero-order valence-corrected chi connectivity index (χ0v) is 18.0. The van der Waals surface area contributed by atoms with Crippen molar-refractivity contribution in [2.45, 2.75) is 53.0 Å². The Morgan fingerprint density at radius 2 is 2.00 bits per heavy atom. The number of ketones is 1. The first-order chi connectivity index (χ1) is 14.3. The van der Waals surface area contributed by atoms with Crippen molar-refractivity contribution < 1.29 is 19.1 Å². The van der Waals surface area contributed by atoms with Crippen molar-refractivity contribution in [2.24, 2.45) is 5.92 Å². The standard InChI is InChI=1S/C23H29N3O4/c1-5-30-23(29)20-14(2)19(15(3)25-20)21(27)16(4)26(22(28)17-9-10-17)13-11-18-8-6-7-12-24-18/h6-8,12,16-17,25H,5,9-11,13H2,1-4H3. The number of carbonyl (C=O) groups is 3. The topological polar surface area (TPSA) is 92.4 Å². The predicted octanol–water partition coefficient (Wildman–Crippen LogP) is 3.26. The fraction of sp³-hybridized carbons (Fsp3) is 0.478. The number of hydrogen-bond donors (Lipinski definition) is 1. The van der Waals surface area contributed by atoms with Crippen LogP contribution >= 0.6 is 0 Å². The van der Waals surface area contributed by atoms with E-state index in [2.05, 4.69) is 9.97 Å². The number of H-pyrrole nitrogens is 1. The number of amides is 1. The monoisotopic (exact) mass is 411 g/mol. The SMILES string of the molecule is CCOC(=O)c1[nH]c(C)c(C(=O)C(C)N(CCc2ccccn2)C(=O)C2CC2)c1C. The van der Waals surface area contributed by atoms with Gasteiger partial charge in [0.2, 0.25) is 5.91 Å². The normalized spacial score (nSPS) is 14.3. The van der Waals surface area contributed by atoms with E-state index in [9.17, 15) is 14.4 Å². The van der Waals surface area contributed by atoms with Crippen LogP contribution in [0.4, 0.5) is 0 Å². The van der Waals surface area contributed by atoms with E-state index in [1.807, 2.05) is 18.2 Å². The molecule has 1 atom stereocenters. The van der Waals surface area contributed by atoms with Gasteiger partial charge in [-0.25, -0.2) is 4.79 Å². The molecule has 1 fully saturated rings. The highest BCUT2D eigenvalue weighted by Gasteiger charge is 2.38. The van der Waals surface area contributed by atoms with Crippen LogP contribution in [0.25, 0.3) is 0 Å². The van der Waals surface area contributed by atoms with E-state index in [1.165, 1.54) is 0 Å². The van der Waals surface area contributed by atoms with Gasteiger partial charge in [0.05, 0.1) is 12.6 Å². The van der Waals surface area contributed by atoms with E-state index < -0.39 is 12.0 Å². The second-order valence-corrected chi connectivity index (χ2v) is 7.76. The highest BCUT2D eigenvalue weighted by atomic mass is 16.5. The molecule has 0 aliphatic heterocycles. The van der Waals surface area contributed by atoms with E-state index in [0.29, 0.717) is 35.5 Å². The number of aromatic amines is 1. The van der Waals surface area contributed by atoms with Gasteiger partial charge in [0, 0.05) is 42.0 Å². The Kier molecular flexibility index (Phi) is 6.70. The van der Waals surface area contributed by atoms with Gasteiger partial charge in [-0.1, -0.05) is 6.07 Å². The van der Waals surface area contributed by atoms with Gasteiger partial charge in [-0.2, -0.15) is 0 Å². The maximum Gasteiger partial charge on any atom is 0.355 e. The molecule has 1 aliphatic carbocycles. The van der Waals surface area contributed by atoms with Gasteiger partial charge < -0.3 is 14.6 Å². The maximum absolute atomic E-state index is 13.4. The Labute approximate surface area is 176 Å². The molecule has 3 rings (SSSR count). The Hall–Kier alpha value is -2.96. The van der Waals surface area contributed by atoms with Crippen LogP contribution in [-0.2, 0) is 16.0 Å². The lowest BCUT2D eigenvalue weighted by atomic mass is 9.99. The maximum atomic E-state index is 13.4. The van der Waals surface area contributed by atoms with Gasteiger partial charge >= 0.3 is 5.97 Å². The van der Waals surface area contributed by atoms with Crippen molar-refractivity contribution in [2.75, 3.05) is 13.2 Å². The number of Topliss-reactive ketones (excluding diaryl/α,β-unsaturated/α-hetero) is 1. The number of pyridine rings is 1. The molecule has 1 amide bonds. The zero-order chi connectivity index (χ0) is 21.8. The van der Waals surface area contributed by atoms with Crippen LogP contribution in [0.1, 0.15) is 64.5 Å². The quantitative estimate of drug-likeness (QED) is 0.505. The van der Waals surface area contributed by atoms with Gasteiger partial charge in [0.1, 0.15) is 5.69 Å². The van der Waals surface area contributed by atoms with Crippen molar-refractivity contribution in [3.63, 3.8) is 0 Å². The van der Waals surface area contributed by atoms with E-state index in [0.717, 1.165) is 18.5 Å². The number of esters is 1. The van der Waals surface area contributed by atoms with Crippen molar-refractivity contribution in [1.29, 1.82) is 0 Å². The summed E-state index contributed by atoms with van der Waals surface area (Å²) in [6, 6.07) is 5.04. The molecule has 7 heteroatoms. The van der Waals surface area contributed by atoms with Crippen LogP contribution in [0.2, 0.25) is 0 Å². The molecule has 1 unspecified atom stereocenters. The molecular formula is C23H29N3O4. The molecule has 1 aliphatic rings. The second-order valence-electron chi connectivity index (χ2n) is 7.76. The van der Waals surface area contributed by atoms with Crippen LogP contribution in [-0.4, -0.2) is 51.7 Å². The van der Waals surface area contributed by atoms with Crippen molar-refractivity contribution in [3.8, 4) is 0 Å². The lowest BCUT2D eigenvalue weighted by Gasteiger charge is -2.29. The molecule has 1 saturated carbocycles. The molecular weight excluding hydrogens is 382 g/mol. The number of aromatic nitrogens is 2. The van der Waals surface area contributed by atoms with E-state index in [4.69, 9.17) is 4.74 Å². The van der Waals surface area contributed by atoms with Gasteiger partial charge in [0.25, 0.3) is 0 Å². The van der Waals surface area contributed by atoms with Crippen LogP contribution in [0.3, 0.4) is 0 Å². The third-order valence-electron chi connectivity index (χ3n) is 5.56. The van der Waals surface area contributed by atoms with Gasteiger partial charge in [-0.3, -0.25) is 14.6 Å². The number of ether oxygens (including phenoxy) is 1. The summed E-state index contributed by atoms with van der Waals surface area (Å²) in [5.74, 6) is -0.631. The summed E-state index contributed by atoms with van der Waals surface area (Å²) in [5.41, 5.74) is 2.79. The lowest BCUT2D eigenvalue weighted by Crippen LogP contribution is -2.45. The summed E-state index contributed by atoms with van der Waals surface area (Å²) in [4.78, 5) is 47.5. The highest BCUT2D eigenvalue weighted by Crippen LogP contribution is 2.32. The smallest absolute Gasteiger partial charge is 0.355 e. The molecule has 0 saturated heterocycles. The first kappa shape index (κ1) is 21.7. The summed E-state index contributed by atoms with van der Waals surface area (Å²) in [7, 11) is 0. The number of nitrogens with zero attached hydrogens (tertiary/aromatic N) is 2. The summed E-state index contributed by atoms with van der Waals surface area (Å²) < 4.78 is 5.08. The van der Waals surface area contributed by atoms with Crippen LogP contribution in [0, 0.1) is 19.8 Å². The minimum absolute atomic E-state index is 0.00694. The lowest BCUT2D eigenvalue weighted by molar-refractivity contribution is -0.133. The van der Waals surface area contributed by atoms with Crippen LogP contribution < -0.4 is 0 Å². The minimum Gasteiger partial charge on any atom is -0.461 e. The average molecular weight is 412 g/mol. The van der Waals surface area contributed by atoms with E-state index in [1.54, 1.807) is 38.8 Å². The molecule has 0 radical (unpaired) electrons. The van der Waals surface area contributed by atoms with Crippen LogP contribution in [0.5, 0.6) is 0 Å². The third kappa shape index (κ3) is 4.61. The number of hydrogen-bond acceptors (Lipinski definition) is 5. The third-order valence-corrected chi connectivity index (χ3v) is 5.56. The first-order valence-electron chi connectivity index (χ1n) is 10.5. The summed E-state index contributed by atoms with van der Waals surface area (Å²) in [6.07, 6.45) is 4.04.